The van der Waals surface area contributed by atoms with Gasteiger partial charge in [-0.05, 0) is 12.3 Å². The van der Waals surface area contributed by atoms with E-state index in [9.17, 15) is 8.42 Å². The SMILES string of the molecule is C=CC(CC(CC)CCCC)OS(=O)(=O)O. The van der Waals surface area contributed by atoms with Crippen LogP contribution < -0.4 is 0 Å². The quantitative estimate of drug-likeness (QED) is 0.505. The Bertz CT molecular complexity index is 284. The normalized spacial score (nSPS) is 15.7. The highest BCUT2D eigenvalue weighted by Gasteiger charge is 2.18. The number of hydrogen-bond donors (Lipinski definition) is 1. The lowest BCUT2D eigenvalue weighted by Crippen LogP contribution is -2.19. The van der Waals surface area contributed by atoms with Crippen LogP contribution in [0.3, 0.4) is 0 Å². The highest BCUT2D eigenvalue weighted by atomic mass is 32.3. The van der Waals surface area contributed by atoms with Gasteiger partial charge in [0.15, 0.2) is 0 Å². The maximum Gasteiger partial charge on any atom is 0.397 e. The molecule has 0 aromatic rings. The van der Waals surface area contributed by atoms with Gasteiger partial charge in [-0.1, -0.05) is 45.6 Å². The van der Waals surface area contributed by atoms with Crippen LogP contribution in [0.5, 0.6) is 0 Å². The summed E-state index contributed by atoms with van der Waals surface area (Å²) < 4.78 is 34.2. The average molecular weight is 250 g/mol. The summed E-state index contributed by atoms with van der Waals surface area (Å²) in [6.45, 7) is 7.69. The molecule has 0 aliphatic rings. The van der Waals surface area contributed by atoms with Crippen molar-refractivity contribution in [3.8, 4) is 0 Å². The fourth-order valence-corrected chi connectivity index (χ4v) is 2.11. The predicted molar refractivity (Wildman–Crippen MR) is 64.5 cm³/mol. The van der Waals surface area contributed by atoms with Crippen LogP contribution in [0.1, 0.15) is 46.0 Å². The summed E-state index contributed by atoms with van der Waals surface area (Å²) in [5.41, 5.74) is 0. The zero-order valence-electron chi connectivity index (χ0n) is 10.1. The molecule has 0 bridgehead atoms. The summed E-state index contributed by atoms with van der Waals surface area (Å²) in [6.07, 6.45) is 5.63. The average Bonchev–Trinajstić information content (AvgIpc) is 2.20. The lowest BCUT2D eigenvalue weighted by atomic mass is 9.93. The predicted octanol–water partition coefficient (Wildman–Crippen LogP) is 2.97. The van der Waals surface area contributed by atoms with Gasteiger partial charge in [-0.15, -0.1) is 6.58 Å². The highest BCUT2D eigenvalue weighted by Crippen LogP contribution is 2.21. The third-order valence-corrected chi connectivity index (χ3v) is 3.11. The lowest BCUT2D eigenvalue weighted by Gasteiger charge is -2.18. The first-order valence-corrected chi connectivity index (χ1v) is 7.07. The second-order valence-electron chi connectivity index (χ2n) is 3.95. The first-order chi connectivity index (χ1) is 7.42. The molecule has 2 atom stereocenters. The molecule has 5 heteroatoms. The van der Waals surface area contributed by atoms with E-state index in [-0.39, 0.29) is 0 Å². The molecule has 0 radical (unpaired) electrons. The minimum Gasteiger partial charge on any atom is -0.264 e. The molecule has 4 nitrogen and oxygen atoms in total. The minimum atomic E-state index is -4.38. The maximum absolute atomic E-state index is 10.6. The Morgan fingerprint density at radius 1 is 1.44 bits per heavy atom. The van der Waals surface area contributed by atoms with Gasteiger partial charge in [-0.2, -0.15) is 8.42 Å². The van der Waals surface area contributed by atoms with Crippen molar-refractivity contribution < 1.29 is 17.2 Å². The fourth-order valence-electron chi connectivity index (χ4n) is 1.64. The van der Waals surface area contributed by atoms with Gasteiger partial charge in [0.25, 0.3) is 0 Å². The smallest absolute Gasteiger partial charge is 0.264 e. The van der Waals surface area contributed by atoms with Gasteiger partial charge in [0.1, 0.15) is 0 Å². The van der Waals surface area contributed by atoms with Crippen LogP contribution in [0.25, 0.3) is 0 Å². The first-order valence-electron chi connectivity index (χ1n) is 5.71. The molecule has 0 rings (SSSR count). The van der Waals surface area contributed by atoms with E-state index in [4.69, 9.17) is 4.55 Å². The zero-order valence-corrected chi connectivity index (χ0v) is 10.9. The van der Waals surface area contributed by atoms with E-state index in [1.54, 1.807) is 0 Å². The lowest BCUT2D eigenvalue weighted by molar-refractivity contribution is 0.185. The Labute approximate surface area is 98.7 Å². The summed E-state index contributed by atoms with van der Waals surface area (Å²) >= 11 is 0. The van der Waals surface area contributed by atoms with E-state index in [1.165, 1.54) is 6.08 Å². The van der Waals surface area contributed by atoms with Gasteiger partial charge in [0.2, 0.25) is 0 Å². The number of unbranched alkanes of at least 4 members (excludes halogenated alkanes) is 1. The summed E-state index contributed by atoms with van der Waals surface area (Å²) in [6, 6.07) is 0. The molecule has 0 aromatic carbocycles. The number of rotatable bonds is 9. The van der Waals surface area contributed by atoms with Gasteiger partial charge in [-0.25, -0.2) is 4.18 Å². The summed E-state index contributed by atoms with van der Waals surface area (Å²) in [5.74, 6) is 0.407. The van der Waals surface area contributed by atoms with Crippen LogP contribution in [0.2, 0.25) is 0 Å². The van der Waals surface area contributed by atoms with Crippen molar-refractivity contribution >= 4 is 10.4 Å². The molecule has 0 amide bonds. The molecule has 0 saturated heterocycles. The van der Waals surface area contributed by atoms with E-state index in [0.717, 1.165) is 25.7 Å². The van der Waals surface area contributed by atoms with Gasteiger partial charge in [0, 0.05) is 0 Å². The van der Waals surface area contributed by atoms with E-state index >= 15 is 0 Å². The molecule has 0 aromatic heterocycles. The zero-order chi connectivity index (χ0) is 12.6. The molecule has 0 fully saturated rings. The van der Waals surface area contributed by atoms with Crippen LogP contribution in [-0.4, -0.2) is 19.1 Å². The molecule has 0 aliphatic heterocycles. The van der Waals surface area contributed by atoms with E-state index in [1.807, 2.05) is 0 Å². The third-order valence-electron chi connectivity index (χ3n) is 2.62. The van der Waals surface area contributed by atoms with Crippen LogP contribution >= 0.6 is 0 Å². The third kappa shape index (κ3) is 7.84. The van der Waals surface area contributed by atoms with Crippen molar-refractivity contribution in [2.24, 2.45) is 5.92 Å². The minimum absolute atomic E-state index is 0.407. The van der Waals surface area contributed by atoms with Crippen molar-refractivity contribution in [1.82, 2.24) is 0 Å². The van der Waals surface area contributed by atoms with E-state index in [0.29, 0.717) is 12.3 Å². The molecule has 0 spiro atoms. The van der Waals surface area contributed by atoms with Crippen molar-refractivity contribution in [2.75, 3.05) is 0 Å². The molecular weight excluding hydrogens is 228 g/mol. The van der Waals surface area contributed by atoms with Gasteiger partial charge < -0.3 is 0 Å². The molecule has 16 heavy (non-hydrogen) atoms. The summed E-state index contributed by atoms with van der Waals surface area (Å²) in [5, 5.41) is 0. The van der Waals surface area contributed by atoms with E-state index < -0.39 is 16.5 Å². The van der Waals surface area contributed by atoms with Crippen molar-refractivity contribution in [1.29, 1.82) is 0 Å². The van der Waals surface area contributed by atoms with Crippen LogP contribution in [0.4, 0.5) is 0 Å². The Kier molecular flexibility index (Phi) is 7.62. The Balaban J connectivity index is 4.22. The van der Waals surface area contributed by atoms with Gasteiger partial charge in [0.05, 0.1) is 6.10 Å². The van der Waals surface area contributed by atoms with E-state index in [2.05, 4.69) is 24.6 Å². The topological polar surface area (TPSA) is 63.6 Å². The van der Waals surface area contributed by atoms with Crippen molar-refractivity contribution in [2.45, 2.75) is 52.1 Å². The largest absolute Gasteiger partial charge is 0.397 e. The summed E-state index contributed by atoms with van der Waals surface area (Å²) in [4.78, 5) is 0. The fraction of sp³-hybridized carbons (Fsp3) is 0.818. The van der Waals surface area contributed by atoms with Crippen LogP contribution in [0, 0.1) is 5.92 Å². The molecule has 0 aliphatic carbocycles. The number of hydrogen-bond acceptors (Lipinski definition) is 3. The van der Waals surface area contributed by atoms with Gasteiger partial charge >= 0.3 is 10.4 Å². The Morgan fingerprint density at radius 3 is 2.44 bits per heavy atom. The van der Waals surface area contributed by atoms with Gasteiger partial charge in [-0.3, -0.25) is 4.55 Å². The summed E-state index contributed by atoms with van der Waals surface area (Å²) in [7, 11) is -4.38. The first kappa shape index (κ1) is 15.6. The van der Waals surface area contributed by atoms with Crippen LogP contribution in [-0.2, 0) is 14.6 Å². The standard InChI is InChI=1S/C11H22O4S/c1-4-7-8-10(5-2)9-11(6-3)15-16(12,13)14/h6,10-11H,3-5,7-9H2,1-2H3,(H,12,13,14). The second kappa shape index (κ2) is 7.81. The highest BCUT2D eigenvalue weighted by molar-refractivity contribution is 7.80. The monoisotopic (exact) mass is 250 g/mol. The molecular formula is C11H22O4S. The molecule has 1 N–H and O–H groups in total. The van der Waals surface area contributed by atoms with Crippen molar-refractivity contribution in [3.63, 3.8) is 0 Å². The maximum atomic E-state index is 10.6. The molecule has 2 unspecified atom stereocenters. The molecule has 0 heterocycles. The Hall–Kier alpha value is -0.390. The van der Waals surface area contributed by atoms with Crippen molar-refractivity contribution in [3.05, 3.63) is 12.7 Å². The molecule has 0 saturated carbocycles. The van der Waals surface area contributed by atoms with Crippen LogP contribution in [0.15, 0.2) is 12.7 Å². The Morgan fingerprint density at radius 2 is 2.06 bits per heavy atom. The second-order valence-corrected chi connectivity index (χ2v) is 5.00. The molecule has 96 valence electrons.